The number of nitrogens with two attached hydrogens (primary N) is 3. The summed E-state index contributed by atoms with van der Waals surface area (Å²) in [7, 11) is 0. The summed E-state index contributed by atoms with van der Waals surface area (Å²) in [6, 6.07) is 2.29. The van der Waals surface area contributed by atoms with Crippen LogP contribution in [0.4, 0.5) is 0 Å². The quantitative estimate of drug-likeness (QED) is 0.107. The number of nitrogens with one attached hydrogen (secondary N) is 3. The summed E-state index contributed by atoms with van der Waals surface area (Å²) < 4.78 is 0. The molecule has 0 aliphatic rings. The Bertz CT molecular complexity index is 1020. The number of carboxylic acid groups (broad SMARTS) is 2. The van der Waals surface area contributed by atoms with E-state index in [4.69, 9.17) is 22.3 Å². The van der Waals surface area contributed by atoms with Crippen molar-refractivity contribution in [1.82, 2.24) is 16.0 Å². The first kappa shape index (κ1) is 30.5. The van der Waals surface area contributed by atoms with Crippen LogP contribution in [0.25, 0.3) is 0 Å². The molecule has 0 aliphatic carbocycles. The van der Waals surface area contributed by atoms with E-state index in [1.54, 1.807) is 30.3 Å². The second-order valence-electron chi connectivity index (χ2n) is 8.09. The van der Waals surface area contributed by atoms with Gasteiger partial charge < -0.3 is 43.4 Å². The van der Waals surface area contributed by atoms with E-state index in [1.807, 2.05) is 0 Å². The standard InChI is InChI=1S/C22H30N6O9/c23-12(9-17(25)30)19(33)26-13(6-7-16(24)29)20(34)27-14(8-11-4-2-1-3-5-11)21(35)28-15(22(36)37)10-18(31)32/h1-5,12-15H,6-10,23H2,(H2,24,29)(H2,25,30)(H,26,33)(H,27,34)(H,28,35)(H,31,32)(H,36,37). The Kier molecular flexibility index (Phi) is 12.2. The molecular weight excluding hydrogens is 492 g/mol. The maximum Gasteiger partial charge on any atom is 0.326 e. The van der Waals surface area contributed by atoms with Gasteiger partial charge in [0.2, 0.25) is 29.5 Å². The molecule has 15 nitrogen and oxygen atoms in total. The molecule has 0 fully saturated rings. The van der Waals surface area contributed by atoms with Crippen LogP contribution in [0, 0.1) is 0 Å². The lowest BCUT2D eigenvalue weighted by Gasteiger charge is -2.25. The maximum atomic E-state index is 13.0. The van der Waals surface area contributed by atoms with Crippen LogP contribution in [0.15, 0.2) is 30.3 Å². The van der Waals surface area contributed by atoms with Crippen LogP contribution in [-0.2, 0) is 40.0 Å². The smallest absolute Gasteiger partial charge is 0.326 e. The summed E-state index contributed by atoms with van der Waals surface area (Å²) in [5.74, 6) is -7.61. The number of amides is 5. The minimum Gasteiger partial charge on any atom is -0.481 e. The third-order valence-electron chi connectivity index (χ3n) is 4.98. The van der Waals surface area contributed by atoms with Gasteiger partial charge in [0.05, 0.1) is 18.9 Å². The molecule has 0 aliphatic heterocycles. The molecule has 0 radical (unpaired) electrons. The van der Waals surface area contributed by atoms with Gasteiger partial charge in [-0.25, -0.2) is 4.79 Å². The Hall–Kier alpha value is -4.53. The van der Waals surface area contributed by atoms with E-state index in [-0.39, 0.29) is 19.3 Å². The van der Waals surface area contributed by atoms with Crippen LogP contribution < -0.4 is 33.2 Å². The Morgan fingerprint density at radius 1 is 0.730 bits per heavy atom. The zero-order valence-corrected chi connectivity index (χ0v) is 19.7. The Balaban J connectivity index is 3.16. The average molecular weight is 523 g/mol. The van der Waals surface area contributed by atoms with Gasteiger partial charge in [0.15, 0.2) is 0 Å². The molecule has 4 unspecified atom stereocenters. The van der Waals surface area contributed by atoms with Gasteiger partial charge in [0.1, 0.15) is 18.1 Å². The molecule has 1 rings (SSSR count). The fraction of sp³-hybridized carbons (Fsp3) is 0.409. The Morgan fingerprint density at radius 3 is 1.78 bits per heavy atom. The van der Waals surface area contributed by atoms with Crippen molar-refractivity contribution in [3.63, 3.8) is 0 Å². The SMILES string of the molecule is NC(=O)CCC(NC(=O)C(N)CC(N)=O)C(=O)NC(Cc1ccccc1)C(=O)NC(CC(=O)O)C(=O)O. The fourth-order valence-corrected chi connectivity index (χ4v) is 3.12. The molecule has 5 amide bonds. The summed E-state index contributed by atoms with van der Waals surface area (Å²) in [6.45, 7) is 0. The lowest BCUT2D eigenvalue weighted by molar-refractivity contribution is -0.147. The second kappa shape index (κ2) is 14.8. The van der Waals surface area contributed by atoms with E-state index < -0.39 is 78.5 Å². The van der Waals surface area contributed by atoms with Gasteiger partial charge in [0, 0.05) is 12.8 Å². The van der Waals surface area contributed by atoms with Gasteiger partial charge in [-0.2, -0.15) is 0 Å². The normalized spacial score (nSPS) is 13.8. The minimum absolute atomic E-state index is 0.129. The summed E-state index contributed by atoms with van der Waals surface area (Å²) in [5.41, 5.74) is 16.3. The maximum absolute atomic E-state index is 13.0. The lowest BCUT2D eigenvalue weighted by Crippen LogP contribution is -2.58. The molecule has 1 aromatic carbocycles. The van der Waals surface area contributed by atoms with Crippen LogP contribution in [0.5, 0.6) is 0 Å². The molecule has 0 aromatic heterocycles. The molecule has 11 N–H and O–H groups in total. The van der Waals surface area contributed by atoms with Crippen molar-refractivity contribution < 1.29 is 43.8 Å². The van der Waals surface area contributed by atoms with Crippen molar-refractivity contribution in [1.29, 1.82) is 0 Å². The number of hydrogen-bond acceptors (Lipinski definition) is 8. The molecule has 0 saturated carbocycles. The van der Waals surface area contributed by atoms with Gasteiger partial charge >= 0.3 is 11.9 Å². The number of benzene rings is 1. The van der Waals surface area contributed by atoms with Gasteiger partial charge in [-0.15, -0.1) is 0 Å². The van der Waals surface area contributed by atoms with Crippen molar-refractivity contribution >= 4 is 41.5 Å². The van der Waals surface area contributed by atoms with E-state index in [9.17, 15) is 38.7 Å². The van der Waals surface area contributed by atoms with Crippen molar-refractivity contribution in [2.75, 3.05) is 0 Å². The Labute approximate surface area is 211 Å². The van der Waals surface area contributed by atoms with Crippen molar-refractivity contribution in [2.24, 2.45) is 17.2 Å². The third-order valence-corrected chi connectivity index (χ3v) is 4.98. The van der Waals surface area contributed by atoms with E-state index in [0.717, 1.165) is 0 Å². The van der Waals surface area contributed by atoms with Crippen LogP contribution in [-0.4, -0.2) is 75.9 Å². The molecule has 15 heteroatoms. The highest BCUT2D eigenvalue weighted by Crippen LogP contribution is 2.07. The highest BCUT2D eigenvalue weighted by atomic mass is 16.4. The molecule has 202 valence electrons. The minimum atomic E-state index is -1.78. The molecular formula is C22H30N6O9. The zero-order chi connectivity index (χ0) is 28.1. The summed E-state index contributed by atoms with van der Waals surface area (Å²) in [5, 5.41) is 24.9. The number of hydrogen-bond donors (Lipinski definition) is 8. The van der Waals surface area contributed by atoms with Crippen molar-refractivity contribution in [3.05, 3.63) is 35.9 Å². The Morgan fingerprint density at radius 2 is 1.27 bits per heavy atom. The molecule has 0 bridgehead atoms. The summed E-state index contributed by atoms with van der Waals surface area (Å²) in [6.07, 6.45) is -2.18. The lowest BCUT2D eigenvalue weighted by atomic mass is 10.0. The van der Waals surface area contributed by atoms with Crippen molar-refractivity contribution in [2.45, 2.75) is 56.3 Å². The predicted octanol–water partition coefficient (Wildman–Crippen LogP) is -3.29. The molecule has 37 heavy (non-hydrogen) atoms. The van der Waals surface area contributed by atoms with Gasteiger partial charge in [-0.05, 0) is 12.0 Å². The van der Waals surface area contributed by atoms with Gasteiger partial charge in [-0.1, -0.05) is 30.3 Å². The molecule has 0 heterocycles. The van der Waals surface area contributed by atoms with E-state index in [2.05, 4.69) is 16.0 Å². The first-order chi connectivity index (χ1) is 17.3. The van der Waals surface area contributed by atoms with E-state index >= 15 is 0 Å². The molecule has 0 saturated heterocycles. The van der Waals surface area contributed by atoms with Gasteiger partial charge in [-0.3, -0.25) is 28.8 Å². The first-order valence-corrected chi connectivity index (χ1v) is 11.0. The van der Waals surface area contributed by atoms with Crippen LogP contribution in [0.1, 0.15) is 31.2 Å². The summed E-state index contributed by atoms with van der Waals surface area (Å²) >= 11 is 0. The van der Waals surface area contributed by atoms with Crippen LogP contribution in [0.3, 0.4) is 0 Å². The number of aliphatic carboxylic acids is 2. The number of primary amides is 2. The molecule has 0 spiro atoms. The fourth-order valence-electron chi connectivity index (χ4n) is 3.12. The second-order valence-corrected chi connectivity index (χ2v) is 8.09. The number of carboxylic acids is 2. The van der Waals surface area contributed by atoms with Crippen LogP contribution in [0.2, 0.25) is 0 Å². The highest BCUT2D eigenvalue weighted by Gasteiger charge is 2.31. The largest absolute Gasteiger partial charge is 0.481 e. The van der Waals surface area contributed by atoms with Crippen LogP contribution >= 0.6 is 0 Å². The number of carbonyl (C=O) groups excluding carboxylic acids is 5. The highest BCUT2D eigenvalue weighted by molar-refractivity contribution is 5.95. The third kappa shape index (κ3) is 11.6. The average Bonchev–Trinajstić information content (AvgIpc) is 2.80. The topological polar surface area (TPSA) is 274 Å². The predicted molar refractivity (Wildman–Crippen MR) is 126 cm³/mol. The monoisotopic (exact) mass is 522 g/mol. The number of carbonyl (C=O) groups is 7. The molecule has 1 aromatic rings. The zero-order valence-electron chi connectivity index (χ0n) is 19.7. The number of rotatable bonds is 16. The van der Waals surface area contributed by atoms with E-state index in [1.165, 1.54) is 0 Å². The molecule has 4 atom stereocenters. The van der Waals surface area contributed by atoms with E-state index in [0.29, 0.717) is 5.56 Å². The first-order valence-electron chi connectivity index (χ1n) is 11.0. The van der Waals surface area contributed by atoms with Crippen molar-refractivity contribution in [3.8, 4) is 0 Å². The summed E-state index contributed by atoms with van der Waals surface area (Å²) in [4.78, 5) is 82.9. The van der Waals surface area contributed by atoms with Gasteiger partial charge in [0.25, 0.3) is 0 Å².